The van der Waals surface area contributed by atoms with Gasteiger partial charge in [0.05, 0.1) is 4.90 Å². The maximum absolute atomic E-state index is 12.4. The molecule has 0 unspecified atom stereocenters. The van der Waals surface area contributed by atoms with Crippen molar-refractivity contribution < 1.29 is 35.9 Å². The van der Waals surface area contributed by atoms with Crippen molar-refractivity contribution in [3.63, 3.8) is 0 Å². The Morgan fingerprint density at radius 3 is 2.03 bits per heavy atom. The van der Waals surface area contributed by atoms with Crippen LogP contribution < -0.4 is 15.4 Å². The lowest BCUT2D eigenvalue weighted by Crippen LogP contribution is -2.33. The summed E-state index contributed by atoms with van der Waals surface area (Å²) < 4.78 is 67.1. The summed E-state index contributed by atoms with van der Waals surface area (Å²) in [6.07, 6.45) is -5.24. The fourth-order valence-corrected chi connectivity index (χ4v) is 3.46. The SMILES string of the molecule is CC(C)(C)OC(=O)NCc1ccc(C(=O)Nc2ccc(S(=O)(=O)NCC(F)(F)F)cc2)cc1. The van der Waals surface area contributed by atoms with Crippen LogP contribution in [0.4, 0.5) is 23.7 Å². The largest absolute Gasteiger partial charge is 0.444 e. The number of alkyl carbamates (subject to hydrolysis) is 1. The van der Waals surface area contributed by atoms with E-state index in [0.29, 0.717) is 5.56 Å². The van der Waals surface area contributed by atoms with Gasteiger partial charge in [0.2, 0.25) is 10.0 Å². The minimum Gasteiger partial charge on any atom is -0.444 e. The monoisotopic (exact) mass is 487 g/mol. The van der Waals surface area contributed by atoms with Crippen molar-refractivity contribution in [3.8, 4) is 0 Å². The highest BCUT2D eigenvalue weighted by Crippen LogP contribution is 2.18. The molecular weight excluding hydrogens is 463 g/mol. The van der Waals surface area contributed by atoms with Crippen molar-refractivity contribution in [1.82, 2.24) is 10.0 Å². The molecule has 0 saturated carbocycles. The molecular formula is C21H24F3N3O5S. The van der Waals surface area contributed by atoms with Crippen molar-refractivity contribution in [2.45, 2.75) is 44.0 Å². The third-order valence-electron chi connectivity index (χ3n) is 3.94. The van der Waals surface area contributed by atoms with Gasteiger partial charge in [0.15, 0.2) is 0 Å². The van der Waals surface area contributed by atoms with E-state index in [1.807, 2.05) is 0 Å². The molecule has 0 bridgehead atoms. The number of nitrogens with one attached hydrogen (secondary N) is 3. The molecule has 0 radical (unpaired) electrons. The van der Waals surface area contributed by atoms with E-state index in [0.717, 1.165) is 17.7 Å². The highest BCUT2D eigenvalue weighted by molar-refractivity contribution is 7.89. The maximum atomic E-state index is 12.4. The normalized spacial score (nSPS) is 12.2. The molecule has 0 saturated heterocycles. The molecule has 33 heavy (non-hydrogen) atoms. The second-order valence-corrected chi connectivity index (χ2v) is 9.74. The van der Waals surface area contributed by atoms with E-state index in [1.165, 1.54) is 16.9 Å². The molecule has 0 atom stereocenters. The zero-order valence-electron chi connectivity index (χ0n) is 18.1. The zero-order valence-corrected chi connectivity index (χ0v) is 18.9. The second kappa shape index (κ2) is 10.2. The number of hydrogen-bond donors (Lipinski definition) is 3. The predicted molar refractivity (Wildman–Crippen MR) is 115 cm³/mol. The number of sulfonamides is 1. The molecule has 2 aromatic carbocycles. The van der Waals surface area contributed by atoms with Gasteiger partial charge in [-0.15, -0.1) is 0 Å². The summed E-state index contributed by atoms with van der Waals surface area (Å²) in [4.78, 5) is 23.7. The highest BCUT2D eigenvalue weighted by Gasteiger charge is 2.30. The number of benzene rings is 2. The van der Waals surface area contributed by atoms with Crippen LogP contribution in [-0.4, -0.2) is 38.7 Å². The van der Waals surface area contributed by atoms with Gasteiger partial charge in [-0.1, -0.05) is 12.1 Å². The summed E-state index contributed by atoms with van der Waals surface area (Å²) in [6, 6.07) is 11.1. The van der Waals surface area contributed by atoms with Gasteiger partial charge in [-0.2, -0.15) is 13.2 Å². The van der Waals surface area contributed by atoms with Crippen LogP contribution in [0.15, 0.2) is 53.4 Å². The lowest BCUT2D eigenvalue weighted by atomic mass is 10.1. The smallest absolute Gasteiger partial charge is 0.407 e. The Kier molecular flexibility index (Phi) is 8.09. The number of alkyl halides is 3. The number of rotatable bonds is 7. The van der Waals surface area contributed by atoms with Crippen LogP contribution >= 0.6 is 0 Å². The minimum atomic E-state index is -4.68. The van der Waals surface area contributed by atoms with E-state index in [2.05, 4.69) is 10.6 Å². The molecule has 2 amide bonds. The first-order valence-electron chi connectivity index (χ1n) is 9.68. The second-order valence-electron chi connectivity index (χ2n) is 7.97. The number of amides is 2. The lowest BCUT2D eigenvalue weighted by molar-refractivity contribution is -0.121. The van der Waals surface area contributed by atoms with Crippen molar-refractivity contribution >= 4 is 27.7 Å². The van der Waals surface area contributed by atoms with Crippen molar-refractivity contribution in [2.24, 2.45) is 0 Å². The number of halogens is 3. The molecule has 8 nitrogen and oxygen atoms in total. The summed E-state index contributed by atoms with van der Waals surface area (Å²) >= 11 is 0. The van der Waals surface area contributed by atoms with Gasteiger partial charge in [0.1, 0.15) is 12.1 Å². The summed E-state index contributed by atoms with van der Waals surface area (Å²) in [5.41, 5.74) is 0.678. The van der Waals surface area contributed by atoms with Crippen molar-refractivity contribution in [1.29, 1.82) is 0 Å². The molecule has 2 aromatic rings. The molecule has 0 heterocycles. The van der Waals surface area contributed by atoms with E-state index < -0.39 is 40.3 Å². The average Bonchev–Trinajstić information content (AvgIpc) is 2.70. The Morgan fingerprint density at radius 1 is 0.939 bits per heavy atom. The van der Waals surface area contributed by atoms with E-state index in [-0.39, 0.29) is 17.1 Å². The highest BCUT2D eigenvalue weighted by atomic mass is 32.2. The fraction of sp³-hybridized carbons (Fsp3) is 0.333. The van der Waals surface area contributed by atoms with Gasteiger partial charge in [-0.3, -0.25) is 4.79 Å². The van der Waals surface area contributed by atoms with Crippen LogP contribution in [0, 0.1) is 0 Å². The van der Waals surface area contributed by atoms with Gasteiger partial charge in [0.25, 0.3) is 5.91 Å². The number of carbonyl (C=O) groups is 2. The number of carbonyl (C=O) groups excluding carboxylic acids is 2. The first-order chi connectivity index (χ1) is 15.1. The van der Waals surface area contributed by atoms with E-state index in [4.69, 9.17) is 4.74 Å². The molecule has 3 N–H and O–H groups in total. The third kappa shape index (κ3) is 9.10. The third-order valence-corrected chi connectivity index (χ3v) is 5.35. The molecule has 0 aliphatic carbocycles. The van der Waals surface area contributed by atoms with Gasteiger partial charge in [-0.05, 0) is 62.7 Å². The molecule has 0 aliphatic heterocycles. The average molecular weight is 488 g/mol. The Morgan fingerprint density at radius 2 is 1.52 bits per heavy atom. The Balaban J connectivity index is 1.94. The quantitative estimate of drug-likeness (QED) is 0.550. The maximum Gasteiger partial charge on any atom is 0.407 e. The van der Waals surface area contributed by atoms with Crippen LogP contribution in [-0.2, 0) is 21.3 Å². The first-order valence-corrected chi connectivity index (χ1v) is 11.2. The summed E-state index contributed by atoms with van der Waals surface area (Å²) in [5, 5.41) is 5.16. The van der Waals surface area contributed by atoms with Gasteiger partial charge in [-0.25, -0.2) is 17.9 Å². The summed E-state index contributed by atoms with van der Waals surface area (Å²) in [5.74, 6) is -0.479. The zero-order chi connectivity index (χ0) is 24.9. The number of anilines is 1. The van der Waals surface area contributed by atoms with Crippen LogP contribution in [0.3, 0.4) is 0 Å². The van der Waals surface area contributed by atoms with Crippen molar-refractivity contribution in [3.05, 3.63) is 59.7 Å². The predicted octanol–water partition coefficient (Wildman–Crippen LogP) is 3.80. The van der Waals surface area contributed by atoms with Gasteiger partial charge >= 0.3 is 12.3 Å². The number of ether oxygens (including phenoxy) is 1. The van der Waals surface area contributed by atoms with E-state index in [9.17, 15) is 31.2 Å². The topological polar surface area (TPSA) is 114 Å². The standard InChI is InChI=1S/C21H24F3N3O5S/c1-20(2,3)32-19(29)25-12-14-4-6-15(7-5-14)18(28)27-16-8-10-17(11-9-16)33(30,31)26-13-21(22,23)24/h4-11,26H,12-13H2,1-3H3,(H,25,29)(H,27,28). The molecule has 2 rings (SSSR count). The fourth-order valence-electron chi connectivity index (χ4n) is 2.44. The summed E-state index contributed by atoms with van der Waals surface area (Å²) in [6.45, 7) is 3.76. The van der Waals surface area contributed by atoms with Gasteiger partial charge in [0, 0.05) is 17.8 Å². The van der Waals surface area contributed by atoms with E-state index >= 15 is 0 Å². The van der Waals surface area contributed by atoms with Crippen LogP contribution in [0.1, 0.15) is 36.7 Å². The van der Waals surface area contributed by atoms with E-state index in [1.54, 1.807) is 45.0 Å². The summed E-state index contributed by atoms with van der Waals surface area (Å²) in [7, 11) is -4.34. The molecule has 0 spiro atoms. The van der Waals surface area contributed by atoms with Gasteiger partial charge < -0.3 is 15.4 Å². The van der Waals surface area contributed by atoms with Crippen LogP contribution in [0.25, 0.3) is 0 Å². The Bertz CT molecular complexity index is 1080. The Labute approximate surface area is 189 Å². The van der Waals surface area contributed by atoms with Crippen LogP contribution in [0.5, 0.6) is 0 Å². The Hall–Kier alpha value is -3.12. The van der Waals surface area contributed by atoms with Crippen LogP contribution in [0.2, 0.25) is 0 Å². The lowest BCUT2D eigenvalue weighted by Gasteiger charge is -2.19. The number of hydrogen-bond acceptors (Lipinski definition) is 5. The minimum absolute atomic E-state index is 0.203. The molecule has 0 aliphatic rings. The molecule has 0 fully saturated rings. The first kappa shape index (κ1) is 26.1. The molecule has 180 valence electrons. The van der Waals surface area contributed by atoms with Crippen molar-refractivity contribution in [2.75, 3.05) is 11.9 Å². The molecule has 0 aromatic heterocycles. The molecule has 12 heteroatoms.